The summed E-state index contributed by atoms with van der Waals surface area (Å²) in [5.74, 6) is 1.90. The minimum atomic E-state index is 0.0669. The van der Waals surface area contributed by atoms with Gasteiger partial charge in [-0.1, -0.05) is 18.0 Å². The van der Waals surface area contributed by atoms with Gasteiger partial charge in [-0.2, -0.15) is 0 Å². The highest BCUT2D eigenvalue weighted by atomic mass is 35.5. The number of pyridine rings is 1. The van der Waals surface area contributed by atoms with Crippen molar-refractivity contribution in [3.63, 3.8) is 0 Å². The molecule has 0 unspecified atom stereocenters. The molecule has 3 nitrogen and oxygen atoms in total. The molecule has 21 heavy (non-hydrogen) atoms. The number of nitrogens with zero attached hydrogens (tertiary/aromatic N) is 2. The van der Waals surface area contributed by atoms with Gasteiger partial charge in [-0.3, -0.25) is 0 Å². The third kappa shape index (κ3) is 4.86. The van der Waals surface area contributed by atoms with Crippen molar-refractivity contribution in [2.45, 2.75) is 59.0 Å². The third-order valence-corrected chi connectivity index (χ3v) is 4.44. The molecule has 0 atom stereocenters. The molecule has 0 aliphatic heterocycles. The molecule has 1 aliphatic rings. The first-order valence-electron chi connectivity index (χ1n) is 8.04. The molecule has 0 amide bonds. The second kappa shape index (κ2) is 6.97. The lowest BCUT2D eigenvalue weighted by atomic mass is 9.85. The summed E-state index contributed by atoms with van der Waals surface area (Å²) in [6, 6.07) is 4.03. The number of anilines is 1. The number of aromatic nitrogens is 1. The molecular formula is C17H28ClN3. The SMILES string of the molecule is CCN(CC1CCC1)c1ccc(Cl)c(CNC(C)(C)C)n1. The standard InChI is InChI=1S/C17H28ClN3/c1-5-21(12-13-7-6-8-13)16-10-9-14(18)15(20-16)11-19-17(2,3)4/h9-10,13,19H,5-8,11-12H2,1-4H3. The van der Waals surface area contributed by atoms with Crippen molar-refractivity contribution in [3.8, 4) is 0 Å². The summed E-state index contributed by atoms with van der Waals surface area (Å²) in [6.07, 6.45) is 4.11. The summed E-state index contributed by atoms with van der Waals surface area (Å²) in [5, 5.41) is 4.21. The van der Waals surface area contributed by atoms with Crippen LogP contribution in [-0.4, -0.2) is 23.6 Å². The van der Waals surface area contributed by atoms with Crippen molar-refractivity contribution in [1.82, 2.24) is 10.3 Å². The smallest absolute Gasteiger partial charge is 0.128 e. The van der Waals surface area contributed by atoms with Crippen LogP contribution in [0.25, 0.3) is 0 Å². The maximum atomic E-state index is 6.30. The summed E-state index contributed by atoms with van der Waals surface area (Å²) >= 11 is 6.30. The summed E-state index contributed by atoms with van der Waals surface area (Å²) in [7, 11) is 0. The zero-order chi connectivity index (χ0) is 15.5. The first-order chi connectivity index (χ1) is 9.89. The van der Waals surface area contributed by atoms with Crippen molar-refractivity contribution < 1.29 is 0 Å². The predicted molar refractivity (Wildman–Crippen MR) is 91.1 cm³/mol. The molecule has 1 fully saturated rings. The molecule has 1 aromatic heterocycles. The fourth-order valence-corrected chi connectivity index (χ4v) is 2.67. The number of nitrogens with one attached hydrogen (secondary N) is 1. The van der Waals surface area contributed by atoms with Crippen LogP contribution in [0.1, 0.15) is 52.7 Å². The normalized spacial score (nSPS) is 15.9. The summed E-state index contributed by atoms with van der Waals surface area (Å²) in [4.78, 5) is 7.17. The van der Waals surface area contributed by atoms with Gasteiger partial charge in [0, 0.05) is 25.2 Å². The van der Waals surface area contributed by atoms with Gasteiger partial charge in [-0.25, -0.2) is 4.98 Å². The van der Waals surface area contributed by atoms with Gasteiger partial charge in [0.2, 0.25) is 0 Å². The monoisotopic (exact) mass is 309 g/mol. The second-order valence-corrected chi connectivity index (χ2v) is 7.44. The molecule has 118 valence electrons. The Morgan fingerprint density at radius 1 is 1.33 bits per heavy atom. The number of rotatable bonds is 6. The summed E-state index contributed by atoms with van der Waals surface area (Å²) < 4.78 is 0. The van der Waals surface area contributed by atoms with Crippen molar-refractivity contribution >= 4 is 17.4 Å². The van der Waals surface area contributed by atoms with E-state index in [9.17, 15) is 0 Å². The maximum absolute atomic E-state index is 6.30. The molecule has 0 spiro atoms. The largest absolute Gasteiger partial charge is 0.357 e. The lowest BCUT2D eigenvalue weighted by Crippen LogP contribution is -2.36. The average molecular weight is 310 g/mol. The quantitative estimate of drug-likeness (QED) is 0.851. The minimum Gasteiger partial charge on any atom is -0.357 e. The number of hydrogen-bond acceptors (Lipinski definition) is 3. The third-order valence-electron chi connectivity index (χ3n) is 4.10. The van der Waals surface area contributed by atoms with E-state index in [-0.39, 0.29) is 5.54 Å². The highest BCUT2D eigenvalue weighted by molar-refractivity contribution is 6.31. The first-order valence-corrected chi connectivity index (χ1v) is 8.42. The Bertz CT molecular complexity index is 464. The molecular weight excluding hydrogens is 282 g/mol. The van der Waals surface area contributed by atoms with E-state index in [2.05, 4.69) is 37.9 Å². The molecule has 0 saturated heterocycles. The van der Waals surface area contributed by atoms with Crippen LogP contribution in [0, 0.1) is 5.92 Å². The Kier molecular flexibility index (Phi) is 5.50. The van der Waals surface area contributed by atoms with Gasteiger partial charge in [-0.15, -0.1) is 0 Å². The molecule has 2 rings (SSSR count). The fourth-order valence-electron chi connectivity index (χ4n) is 2.49. The lowest BCUT2D eigenvalue weighted by Gasteiger charge is -2.32. The van der Waals surface area contributed by atoms with Crippen LogP contribution < -0.4 is 10.2 Å². The van der Waals surface area contributed by atoms with Crippen LogP contribution in [-0.2, 0) is 6.54 Å². The Balaban J connectivity index is 2.08. The van der Waals surface area contributed by atoms with Gasteiger partial charge in [0.25, 0.3) is 0 Å². The zero-order valence-electron chi connectivity index (χ0n) is 13.7. The van der Waals surface area contributed by atoms with E-state index in [4.69, 9.17) is 16.6 Å². The van der Waals surface area contributed by atoms with E-state index in [1.807, 2.05) is 12.1 Å². The predicted octanol–water partition coefficient (Wildman–Crippen LogP) is 4.25. The van der Waals surface area contributed by atoms with E-state index in [1.54, 1.807) is 0 Å². The molecule has 4 heteroatoms. The fraction of sp³-hybridized carbons (Fsp3) is 0.706. The van der Waals surface area contributed by atoms with E-state index < -0.39 is 0 Å². The Labute approximate surface area is 134 Å². The van der Waals surface area contributed by atoms with E-state index in [0.29, 0.717) is 6.54 Å². The minimum absolute atomic E-state index is 0.0669. The molecule has 1 saturated carbocycles. The van der Waals surface area contributed by atoms with Crippen LogP contribution in [0.3, 0.4) is 0 Å². The molecule has 0 bridgehead atoms. The van der Waals surface area contributed by atoms with Crippen LogP contribution >= 0.6 is 11.6 Å². The Morgan fingerprint density at radius 3 is 2.57 bits per heavy atom. The van der Waals surface area contributed by atoms with Crippen molar-refractivity contribution in [1.29, 1.82) is 0 Å². The zero-order valence-corrected chi connectivity index (χ0v) is 14.5. The lowest BCUT2D eigenvalue weighted by molar-refractivity contribution is 0.318. The van der Waals surface area contributed by atoms with Crippen LogP contribution in [0.5, 0.6) is 0 Å². The van der Waals surface area contributed by atoms with Gasteiger partial charge in [-0.05, 0) is 58.6 Å². The van der Waals surface area contributed by atoms with Crippen molar-refractivity contribution in [3.05, 3.63) is 22.8 Å². The van der Waals surface area contributed by atoms with Gasteiger partial charge >= 0.3 is 0 Å². The van der Waals surface area contributed by atoms with E-state index in [1.165, 1.54) is 19.3 Å². The van der Waals surface area contributed by atoms with E-state index in [0.717, 1.165) is 35.5 Å². The average Bonchev–Trinajstić information content (AvgIpc) is 2.36. The summed E-state index contributed by atoms with van der Waals surface area (Å²) in [6.45, 7) is 11.5. The highest BCUT2D eigenvalue weighted by Crippen LogP contribution is 2.29. The van der Waals surface area contributed by atoms with Crippen LogP contribution in [0.4, 0.5) is 5.82 Å². The van der Waals surface area contributed by atoms with Crippen LogP contribution in [0.15, 0.2) is 12.1 Å². The molecule has 1 aliphatic carbocycles. The summed E-state index contributed by atoms with van der Waals surface area (Å²) in [5.41, 5.74) is 1.01. The van der Waals surface area contributed by atoms with Gasteiger partial charge in [0.1, 0.15) is 5.82 Å². The van der Waals surface area contributed by atoms with Gasteiger partial charge < -0.3 is 10.2 Å². The van der Waals surface area contributed by atoms with Gasteiger partial charge in [0.05, 0.1) is 10.7 Å². The topological polar surface area (TPSA) is 28.2 Å². The van der Waals surface area contributed by atoms with Crippen molar-refractivity contribution in [2.75, 3.05) is 18.0 Å². The molecule has 1 heterocycles. The van der Waals surface area contributed by atoms with Crippen LogP contribution in [0.2, 0.25) is 5.02 Å². The Morgan fingerprint density at radius 2 is 2.05 bits per heavy atom. The Hall–Kier alpha value is -0.800. The molecule has 0 radical (unpaired) electrons. The molecule has 0 aromatic carbocycles. The first kappa shape index (κ1) is 16.6. The van der Waals surface area contributed by atoms with Crippen molar-refractivity contribution in [2.24, 2.45) is 5.92 Å². The highest BCUT2D eigenvalue weighted by Gasteiger charge is 2.21. The number of hydrogen-bond donors (Lipinski definition) is 1. The van der Waals surface area contributed by atoms with E-state index >= 15 is 0 Å². The second-order valence-electron chi connectivity index (χ2n) is 7.04. The molecule has 1 N–H and O–H groups in total. The number of halogens is 1. The maximum Gasteiger partial charge on any atom is 0.128 e. The van der Waals surface area contributed by atoms with Gasteiger partial charge in [0.15, 0.2) is 0 Å². The molecule has 1 aromatic rings.